The predicted molar refractivity (Wildman–Crippen MR) is 111 cm³/mol. The van der Waals surface area contributed by atoms with Gasteiger partial charge in [-0.2, -0.15) is 0 Å². The van der Waals surface area contributed by atoms with Crippen LogP contribution in [0.3, 0.4) is 0 Å². The van der Waals surface area contributed by atoms with Gasteiger partial charge in [-0.15, -0.1) is 0 Å². The van der Waals surface area contributed by atoms with Crippen LogP contribution in [0.2, 0.25) is 0 Å². The van der Waals surface area contributed by atoms with Crippen LogP contribution in [-0.2, 0) is 14.3 Å². The Kier molecular flexibility index (Phi) is 4.68. The summed E-state index contributed by atoms with van der Waals surface area (Å²) in [6.07, 6.45) is 11.3. The molecule has 4 saturated carbocycles. The number of rotatable bonds is 4. The Balaban J connectivity index is 1.37. The van der Waals surface area contributed by atoms with E-state index in [1.54, 1.807) is 0 Å². The van der Waals surface area contributed by atoms with Gasteiger partial charge in [-0.25, -0.2) is 0 Å². The second-order valence-electron chi connectivity index (χ2n) is 11.7. The third-order valence-corrected chi connectivity index (χ3v) is 10.8. The van der Waals surface area contributed by atoms with Gasteiger partial charge in [-0.1, -0.05) is 20.8 Å². The molecule has 1 heterocycles. The number of carbonyl (C=O) groups excluding carboxylic acids is 1. The first-order chi connectivity index (χ1) is 13.8. The normalized spacial score (nSPS) is 53.8. The Bertz CT molecular complexity index is 678. The molecule has 0 aromatic rings. The molecule has 0 amide bonds. The van der Waals surface area contributed by atoms with Crippen molar-refractivity contribution >= 4 is 5.97 Å². The number of hydrogen-bond acceptors (Lipinski definition) is 4. The van der Waals surface area contributed by atoms with Crippen molar-refractivity contribution in [2.45, 2.75) is 103 Å². The van der Waals surface area contributed by atoms with Crippen molar-refractivity contribution in [1.29, 1.82) is 0 Å². The van der Waals surface area contributed by atoms with Crippen LogP contribution in [0, 0.1) is 40.4 Å². The molecule has 10 atom stereocenters. The van der Waals surface area contributed by atoms with E-state index in [2.05, 4.69) is 20.8 Å². The molecule has 164 valence electrons. The summed E-state index contributed by atoms with van der Waals surface area (Å²) in [6, 6.07) is 0. The summed E-state index contributed by atoms with van der Waals surface area (Å²) in [5, 5.41) is 10.3. The fourth-order valence-corrected chi connectivity index (χ4v) is 9.31. The van der Waals surface area contributed by atoms with Gasteiger partial charge in [-0.3, -0.25) is 4.79 Å². The number of fused-ring (bicyclic) bond motifs is 3. The SMILES string of the molecule is COC(=O)CC[C@@H](C)[C@H]1CC[C@H]2[C@@H]3CC[C@@H]4C[C@H](O)CC[C@]4(C)[C@@]34O[C@H]4C[C@]12C. The molecule has 5 fully saturated rings. The number of methoxy groups -OCH3 is 1. The van der Waals surface area contributed by atoms with Crippen LogP contribution in [0.1, 0.15) is 85.0 Å². The number of carbonyl (C=O) groups is 1. The first kappa shape index (κ1) is 20.3. The molecule has 0 aromatic carbocycles. The van der Waals surface area contributed by atoms with Gasteiger partial charge in [0.25, 0.3) is 0 Å². The smallest absolute Gasteiger partial charge is 0.305 e. The minimum Gasteiger partial charge on any atom is -0.469 e. The van der Waals surface area contributed by atoms with Crippen molar-refractivity contribution in [3.05, 3.63) is 0 Å². The van der Waals surface area contributed by atoms with E-state index in [1.807, 2.05) is 0 Å². The number of hydrogen-bond donors (Lipinski definition) is 1. The molecule has 29 heavy (non-hydrogen) atoms. The quantitative estimate of drug-likeness (QED) is 0.544. The molecule has 0 bridgehead atoms. The van der Waals surface area contributed by atoms with Crippen molar-refractivity contribution in [3.8, 4) is 0 Å². The van der Waals surface area contributed by atoms with Gasteiger partial charge < -0.3 is 14.6 Å². The summed E-state index contributed by atoms with van der Waals surface area (Å²) in [6.45, 7) is 7.41. The minimum atomic E-state index is -0.0985. The highest BCUT2D eigenvalue weighted by atomic mass is 16.6. The van der Waals surface area contributed by atoms with Gasteiger partial charge >= 0.3 is 5.97 Å². The third-order valence-electron chi connectivity index (χ3n) is 10.8. The highest BCUT2D eigenvalue weighted by molar-refractivity contribution is 5.69. The first-order valence-electron chi connectivity index (χ1n) is 12.2. The van der Waals surface area contributed by atoms with Gasteiger partial charge in [0.2, 0.25) is 0 Å². The van der Waals surface area contributed by atoms with Crippen LogP contribution in [0.15, 0.2) is 0 Å². The van der Waals surface area contributed by atoms with Gasteiger partial charge in [0.1, 0.15) is 5.60 Å². The number of esters is 1. The Hall–Kier alpha value is -0.610. The molecule has 0 radical (unpaired) electrons. The lowest BCUT2D eigenvalue weighted by molar-refractivity contribution is -0.141. The Morgan fingerprint density at radius 1 is 1.17 bits per heavy atom. The maximum atomic E-state index is 11.7. The van der Waals surface area contributed by atoms with Crippen molar-refractivity contribution in [1.82, 2.24) is 0 Å². The van der Waals surface area contributed by atoms with E-state index >= 15 is 0 Å². The average Bonchev–Trinajstić information content (AvgIpc) is 3.31. The van der Waals surface area contributed by atoms with Crippen LogP contribution in [0.5, 0.6) is 0 Å². The summed E-state index contributed by atoms with van der Waals surface area (Å²) >= 11 is 0. The van der Waals surface area contributed by atoms with Crippen molar-refractivity contribution in [3.63, 3.8) is 0 Å². The van der Waals surface area contributed by atoms with Crippen molar-refractivity contribution in [2.75, 3.05) is 7.11 Å². The van der Waals surface area contributed by atoms with Gasteiger partial charge in [-0.05, 0) is 92.8 Å². The molecule has 0 unspecified atom stereocenters. The number of ether oxygens (including phenoxy) is 2. The lowest BCUT2D eigenvalue weighted by atomic mass is 9.44. The highest BCUT2D eigenvalue weighted by Gasteiger charge is 2.79. The summed E-state index contributed by atoms with van der Waals surface area (Å²) in [5.41, 5.74) is 0.711. The number of aliphatic hydroxyl groups excluding tert-OH is 1. The van der Waals surface area contributed by atoms with Crippen LogP contribution >= 0.6 is 0 Å². The number of epoxide rings is 1. The topological polar surface area (TPSA) is 59.1 Å². The monoisotopic (exact) mass is 404 g/mol. The largest absolute Gasteiger partial charge is 0.469 e. The Morgan fingerprint density at radius 3 is 2.69 bits per heavy atom. The maximum absolute atomic E-state index is 11.7. The van der Waals surface area contributed by atoms with E-state index in [1.165, 1.54) is 39.2 Å². The van der Waals surface area contributed by atoms with E-state index in [9.17, 15) is 9.90 Å². The van der Waals surface area contributed by atoms with E-state index in [4.69, 9.17) is 9.47 Å². The van der Waals surface area contributed by atoms with Gasteiger partial charge in [0.05, 0.1) is 19.3 Å². The van der Waals surface area contributed by atoms with E-state index in [0.717, 1.165) is 31.6 Å². The summed E-state index contributed by atoms with van der Waals surface area (Å²) in [7, 11) is 1.49. The summed E-state index contributed by atoms with van der Waals surface area (Å²) < 4.78 is 11.6. The lowest BCUT2D eigenvalue weighted by Gasteiger charge is -2.59. The van der Waals surface area contributed by atoms with E-state index < -0.39 is 0 Å². The Morgan fingerprint density at radius 2 is 1.93 bits per heavy atom. The van der Waals surface area contributed by atoms with E-state index in [0.29, 0.717) is 41.6 Å². The molecule has 1 saturated heterocycles. The van der Waals surface area contributed by atoms with Gasteiger partial charge in [0, 0.05) is 11.8 Å². The minimum absolute atomic E-state index is 0.0736. The van der Waals surface area contributed by atoms with E-state index in [-0.39, 0.29) is 23.1 Å². The van der Waals surface area contributed by atoms with Crippen LogP contribution in [0.4, 0.5) is 0 Å². The molecule has 4 nitrogen and oxygen atoms in total. The maximum Gasteiger partial charge on any atom is 0.305 e. The third kappa shape index (κ3) is 2.67. The highest BCUT2D eigenvalue weighted by Crippen LogP contribution is 2.76. The molecule has 4 aliphatic carbocycles. The summed E-state index contributed by atoms with van der Waals surface area (Å²) in [5.74, 6) is 3.27. The summed E-state index contributed by atoms with van der Waals surface area (Å²) in [4.78, 5) is 11.7. The molecule has 0 aromatic heterocycles. The zero-order valence-corrected chi connectivity index (χ0v) is 18.8. The fourth-order valence-electron chi connectivity index (χ4n) is 9.31. The zero-order valence-electron chi connectivity index (χ0n) is 18.8. The molecular weight excluding hydrogens is 364 g/mol. The second kappa shape index (κ2) is 6.69. The first-order valence-corrected chi connectivity index (χ1v) is 12.2. The molecule has 5 rings (SSSR count). The van der Waals surface area contributed by atoms with Crippen molar-refractivity contribution < 1.29 is 19.4 Å². The molecule has 1 N–H and O–H groups in total. The molecule has 1 spiro atoms. The van der Waals surface area contributed by atoms with Crippen LogP contribution in [0.25, 0.3) is 0 Å². The fraction of sp³-hybridized carbons (Fsp3) is 0.960. The lowest BCUT2D eigenvalue weighted by Crippen LogP contribution is -2.60. The van der Waals surface area contributed by atoms with Crippen LogP contribution < -0.4 is 0 Å². The second-order valence-corrected chi connectivity index (χ2v) is 11.7. The van der Waals surface area contributed by atoms with Crippen LogP contribution in [-0.4, -0.2) is 36.0 Å². The molecule has 4 heteroatoms. The Labute approximate surface area is 176 Å². The number of aliphatic hydroxyl groups is 1. The molecule has 5 aliphatic rings. The van der Waals surface area contributed by atoms with Crippen molar-refractivity contribution in [2.24, 2.45) is 40.4 Å². The zero-order chi connectivity index (χ0) is 20.6. The predicted octanol–water partition coefficient (Wildman–Crippen LogP) is 4.73. The molecular formula is C25H40O4. The standard InChI is InChI=1S/C25H40O4/c1-15(5-10-22(27)28-4)18-8-9-19-20-7-6-16-13-17(26)11-12-24(16,3)25(20)21(29-25)14-23(18,19)2/h15-21,26H,5-14H2,1-4H3/t15-,16-,17-,18-,19+,20+,21+,23-,24+,25-/m1/s1. The molecule has 1 aliphatic heterocycles. The van der Waals surface area contributed by atoms with Gasteiger partial charge in [0.15, 0.2) is 0 Å². The average molecular weight is 405 g/mol.